The van der Waals surface area contributed by atoms with Crippen molar-refractivity contribution in [2.45, 2.75) is 31.7 Å². The van der Waals surface area contributed by atoms with E-state index in [0.717, 1.165) is 41.8 Å². The molecular weight excluding hydrogens is 294 g/mol. The topological polar surface area (TPSA) is 60.9 Å². The molecule has 2 heterocycles. The zero-order chi connectivity index (χ0) is 16.0. The van der Waals surface area contributed by atoms with Gasteiger partial charge < -0.3 is 9.80 Å². The third-order valence-corrected chi connectivity index (χ3v) is 4.78. The Hall–Kier alpha value is -2.37. The van der Waals surface area contributed by atoms with Gasteiger partial charge in [0.1, 0.15) is 13.1 Å². The van der Waals surface area contributed by atoms with Crippen LogP contribution < -0.4 is 4.90 Å². The average Bonchev–Trinajstić information content (AvgIpc) is 3.37. The minimum atomic E-state index is -0.309. The molecule has 3 aliphatic rings. The van der Waals surface area contributed by atoms with Crippen LogP contribution in [0.1, 0.15) is 24.8 Å². The molecule has 0 N–H and O–H groups in total. The van der Waals surface area contributed by atoms with Gasteiger partial charge in [0.15, 0.2) is 0 Å². The number of fused-ring (bicyclic) bond motifs is 1. The summed E-state index contributed by atoms with van der Waals surface area (Å²) in [6.45, 7) is 0.598. The maximum Gasteiger partial charge on any atom is 0.327 e. The maximum atomic E-state index is 12.7. The summed E-state index contributed by atoms with van der Waals surface area (Å²) >= 11 is 0. The second kappa shape index (κ2) is 5.37. The summed E-state index contributed by atoms with van der Waals surface area (Å²) in [7, 11) is 0. The van der Waals surface area contributed by atoms with Crippen LogP contribution in [0, 0.1) is 0 Å². The van der Waals surface area contributed by atoms with E-state index in [1.54, 1.807) is 9.80 Å². The zero-order valence-corrected chi connectivity index (χ0v) is 12.9. The van der Waals surface area contributed by atoms with Gasteiger partial charge in [-0.1, -0.05) is 18.2 Å². The molecule has 2 fully saturated rings. The first-order chi connectivity index (χ1) is 11.1. The third-order valence-electron chi connectivity index (χ3n) is 4.78. The van der Waals surface area contributed by atoms with Gasteiger partial charge in [-0.15, -0.1) is 0 Å². The molecule has 0 aromatic heterocycles. The fraction of sp³-hybridized carbons (Fsp3) is 0.471. The molecule has 120 valence electrons. The van der Waals surface area contributed by atoms with Crippen molar-refractivity contribution in [3.63, 3.8) is 0 Å². The molecule has 1 aromatic rings. The van der Waals surface area contributed by atoms with Crippen molar-refractivity contribution in [3.8, 4) is 0 Å². The smallest absolute Gasteiger partial charge is 0.312 e. The van der Waals surface area contributed by atoms with Gasteiger partial charge >= 0.3 is 6.03 Å². The first-order valence-electron chi connectivity index (χ1n) is 8.14. The van der Waals surface area contributed by atoms with Gasteiger partial charge in [0.25, 0.3) is 5.91 Å². The van der Waals surface area contributed by atoms with Crippen molar-refractivity contribution in [1.29, 1.82) is 0 Å². The predicted octanol–water partition coefficient (Wildman–Crippen LogP) is 1.39. The van der Waals surface area contributed by atoms with E-state index in [0.29, 0.717) is 6.54 Å². The summed E-state index contributed by atoms with van der Waals surface area (Å²) in [6, 6.07) is 7.71. The largest absolute Gasteiger partial charge is 0.327 e. The predicted molar refractivity (Wildman–Crippen MR) is 84.0 cm³/mol. The van der Waals surface area contributed by atoms with Crippen molar-refractivity contribution >= 4 is 23.5 Å². The molecule has 0 bridgehead atoms. The summed E-state index contributed by atoms with van der Waals surface area (Å²) in [6.07, 6.45) is 3.77. The molecule has 23 heavy (non-hydrogen) atoms. The number of carbonyl (C=O) groups excluding carboxylic acids is 3. The number of benzene rings is 1. The fourth-order valence-electron chi connectivity index (χ4n) is 3.40. The standard InChI is InChI=1S/C17H19N3O3/c21-15(18-9-3-5-12-4-1-2-6-14(12)18)11-20-16(22)10-19(17(20)23)13-7-8-13/h1-2,4,6,13H,3,5,7-11H2. The van der Waals surface area contributed by atoms with Gasteiger partial charge in [0.05, 0.1) is 0 Å². The first kappa shape index (κ1) is 14.2. The number of hydrogen-bond donors (Lipinski definition) is 0. The lowest BCUT2D eigenvalue weighted by Gasteiger charge is -2.30. The Morgan fingerprint density at radius 1 is 1.17 bits per heavy atom. The van der Waals surface area contributed by atoms with Gasteiger partial charge in [-0.05, 0) is 37.3 Å². The molecule has 1 saturated heterocycles. The van der Waals surface area contributed by atoms with Crippen LogP contribution in [0.25, 0.3) is 0 Å². The molecule has 4 rings (SSSR count). The van der Waals surface area contributed by atoms with Crippen LogP contribution in [-0.2, 0) is 16.0 Å². The molecule has 0 atom stereocenters. The number of imide groups is 1. The summed E-state index contributed by atoms with van der Waals surface area (Å²) in [5.41, 5.74) is 2.05. The number of rotatable bonds is 3. The SMILES string of the molecule is O=C1CN(C2CC2)C(=O)N1CC(=O)N1CCCc2ccccc21. The number of nitrogens with zero attached hydrogens (tertiary/aromatic N) is 3. The Kier molecular flexibility index (Phi) is 3.32. The molecule has 6 heteroatoms. The number of anilines is 1. The van der Waals surface area contributed by atoms with Crippen molar-refractivity contribution in [2.75, 3.05) is 24.5 Å². The van der Waals surface area contributed by atoms with E-state index in [9.17, 15) is 14.4 Å². The van der Waals surface area contributed by atoms with Crippen molar-refractivity contribution in [1.82, 2.24) is 9.80 Å². The van der Waals surface area contributed by atoms with E-state index >= 15 is 0 Å². The van der Waals surface area contributed by atoms with Crippen LogP contribution >= 0.6 is 0 Å². The van der Waals surface area contributed by atoms with Crippen LogP contribution in [-0.4, -0.2) is 53.3 Å². The van der Waals surface area contributed by atoms with Crippen LogP contribution in [0.3, 0.4) is 0 Å². The van der Waals surface area contributed by atoms with E-state index < -0.39 is 0 Å². The first-order valence-corrected chi connectivity index (χ1v) is 8.14. The second-order valence-corrected chi connectivity index (χ2v) is 6.40. The summed E-state index contributed by atoms with van der Waals surface area (Å²) < 4.78 is 0. The molecule has 4 amide bonds. The van der Waals surface area contributed by atoms with Crippen LogP contribution in [0.15, 0.2) is 24.3 Å². The Balaban J connectivity index is 1.50. The minimum absolute atomic E-state index is 0.118. The Morgan fingerprint density at radius 2 is 1.96 bits per heavy atom. The fourth-order valence-corrected chi connectivity index (χ4v) is 3.40. The molecule has 2 aliphatic heterocycles. The van der Waals surface area contributed by atoms with E-state index in [2.05, 4.69) is 0 Å². The highest BCUT2D eigenvalue weighted by Gasteiger charge is 2.44. The van der Waals surface area contributed by atoms with Crippen molar-refractivity contribution in [2.24, 2.45) is 0 Å². The van der Waals surface area contributed by atoms with E-state index in [-0.39, 0.29) is 37.0 Å². The minimum Gasteiger partial charge on any atom is -0.312 e. The molecule has 1 aromatic carbocycles. The van der Waals surface area contributed by atoms with Crippen LogP contribution in [0.5, 0.6) is 0 Å². The number of aryl methyl sites for hydroxylation is 1. The van der Waals surface area contributed by atoms with Gasteiger partial charge in [0.2, 0.25) is 5.91 Å². The zero-order valence-electron chi connectivity index (χ0n) is 12.9. The highest BCUT2D eigenvalue weighted by atomic mass is 16.2. The van der Waals surface area contributed by atoms with E-state index in [1.807, 2.05) is 24.3 Å². The number of amides is 4. The normalized spacial score (nSPS) is 21.0. The lowest BCUT2D eigenvalue weighted by molar-refractivity contribution is -0.129. The van der Waals surface area contributed by atoms with Crippen molar-refractivity contribution in [3.05, 3.63) is 29.8 Å². The Labute approximate surface area is 134 Å². The molecule has 0 unspecified atom stereocenters. The number of carbonyl (C=O) groups is 3. The van der Waals surface area contributed by atoms with Gasteiger partial charge in [-0.3, -0.25) is 14.5 Å². The molecular formula is C17H19N3O3. The Bertz CT molecular complexity index is 683. The lowest BCUT2D eigenvalue weighted by Crippen LogP contribution is -2.45. The monoisotopic (exact) mass is 313 g/mol. The molecule has 0 spiro atoms. The van der Waals surface area contributed by atoms with E-state index in [4.69, 9.17) is 0 Å². The van der Waals surface area contributed by atoms with Gasteiger partial charge in [0, 0.05) is 18.3 Å². The van der Waals surface area contributed by atoms with E-state index in [1.165, 1.54) is 0 Å². The maximum absolute atomic E-state index is 12.7. The van der Waals surface area contributed by atoms with Gasteiger partial charge in [-0.2, -0.15) is 0 Å². The quantitative estimate of drug-likeness (QED) is 0.792. The highest BCUT2D eigenvalue weighted by Crippen LogP contribution is 2.31. The summed E-state index contributed by atoms with van der Waals surface area (Å²) in [4.78, 5) is 41.5. The lowest BCUT2D eigenvalue weighted by atomic mass is 10.0. The molecule has 1 saturated carbocycles. The number of para-hydroxylation sites is 1. The summed E-state index contributed by atoms with van der Waals surface area (Å²) in [5, 5.41) is 0. The van der Waals surface area contributed by atoms with Crippen molar-refractivity contribution < 1.29 is 14.4 Å². The molecule has 1 aliphatic carbocycles. The summed E-state index contributed by atoms with van der Waals surface area (Å²) in [5.74, 6) is -0.447. The number of urea groups is 1. The third kappa shape index (κ3) is 2.48. The van der Waals surface area contributed by atoms with Crippen LogP contribution in [0.4, 0.5) is 10.5 Å². The Morgan fingerprint density at radius 3 is 2.74 bits per heavy atom. The molecule has 0 radical (unpaired) electrons. The van der Waals surface area contributed by atoms with Gasteiger partial charge in [-0.25, -0.2) is 4.79 Å². The highest BCUT2D eigenvalue weighted by molar-refractivity contribution is 6.07. The van der Waals surface area contributed by atoms with Crippen LogP contribution in [0.2, 0.25) is 0 Å². The second-order valence-electron chi connectivity index (χ2n) is 6.40. The average molecular weight is 313 g/mol. The molecule has 6 nitrogen and oxygen atoms in total. The number of hydrogen-bond acceptors (Lipinski definition) is 3.